The largest absolute Gasteiger partial charge is 0.485 e. The lowest BCUT2D eigenvalue weighted by Crippen LogP contribution is -2.14. The standard InChI is InChI=1S/C60H52N2O8/c1-7-19-43(20-8-1)37-65-51-35-49(59-61-31-33-63-59)53(57(69-41-47-27-15-5-16-28-47)55(51)67-39-45-23-11-3-12-24-45)54-50(60-62-32-34-64-60)36-52(66-38-44-21-9-2-10-22-44)56(68-40-46-25-13-4-14-26-46)58(54)70-42-48-29-17-6-18-30-48/h1-30,35-36H,31-34,37-42H2. The first kappa shape index (κ1) is 45.3. The second-order valence-corrected chi connectivity index (χ2v) is 16.6. The molecule has 0 amide bonds. The van der Waals surface area contributed by atoms with Gasteiger partial charge in [0.25, 0.3) is 0 Å². The predicted molar refractivity (Wildman–Crippen MR) is 271 cm³/mol. The van der Waals surface area contributed by atoms with Crippen LogP contribution in [0.2, 0.25) is 0 Å². The van der Waals surface area contributed by atoms with Gasteiger partial charge in [0, 0.05) is 11.1 Å². The topological polar surface area (TPSA) is 98.6 Å². The molecule has 0 unspecified atom stereocenters. The molecule has 2 aliphatic heterocycles. The molecule has 0 saturated carbocycles. The van der Waals surface area contributed by atoms with E-state index >= 15 is 0 Å². The zero-order valence-corrected chi connectivity index (χ0v) is 38.7. The Kier molecular flexibility index (Phi) is 14.6. The minimum Gasteiger partial charge on any atom is -0.485 e. The van der Waals surface area contributed by atoms with Gasteiger partial charge in [-0.1, -0.05) is 182 Å². The summed E-state index contributed by atoms with van der Waals surface area (Å²) in [5.41, 5.74) is 8.04. The van der Waals surface area contributed by atoms with Gasteiger partial charge in [-0.2, -0.15) is 0 Å². The summed E-state index contributed by atoms with van der Waals surface area (Å²) in [6.45, 7) is 2.95. The van der Waals surface area contributed by atoms with Crippen LogP contribution in [0.25, 0.3) is 11.1 Å². The number of rotatable bonds is 21. The van der Waals surface area contributed by atoms with Crippen LogP contribution < -0.4 is 28.4 Å². The van der Waals surface area contributed by atoms with E-state index in [1.54, 1.807) is 0 Å². The molecule has 8 aromatic rings. The van der Waals surface area contributed by atoms with Crippen LogP contribution in [0.4, 0.5) is 0 Å². The molecule has 2 heterocycles. The smallest absolute Gasteiger partial charge is 0.217 e. The zero-order valence-electron chi connectivity index (χ0n) is 38.7. The Morgan fingerprint density at radius 2 is 0.571 bits per heavy atom. The molecule has 2 aliphatic rings. The van der Waals surface area contributed by atoms with Crippen LogP contribution in [0.3, 0.4) is 0 Å². The molecule has 0 radical (unpaired) electrons. The van der Waals surface area contributed by atoms with Crippen LogP contribution in [0.15, 0.2) is 204 Å². The SMILES string of the molecule is c1ccc(COc2cc(C3=NCCO3)c(-c3c(C4=NCCO4)cc(OCc4ccccc4)c(OCc4ccccc4)c3OCc3ccccc3)c(OCc3ccccc3)c2OCc2ccccc2)cc1. The predicted octanol–water partition coefficient (Wildman–Crippen LogP) is 12.4. The van der Waals surface area contributed by atoms with Crippen LogP contribution in [0, 0.1) is 0 Å². The van der Waals surface area contributed by atoms with Crippen LogP contribution in [-0.4, -0.2) is 38.1 Å². The Bertz CT molecular complexity index is 2820. The highest BCUT2D eigenvalue weighted by Gasteiger charge is 2.36. The molecule has 0 atom stereocenters. The second kappa shape index (κ2) is 22.5. The first-order valence-electron chi connectivity index (χ1n) is 23.5. The van der Waals surface area contributed by atoms with Crippen LogP contribution in [-0.2, 0) is 49.1 Å². The summed E-state index contributed by atoms with van der Waals surface area (Å²) in [7, 11) is 0. The number of benzene rings is 8. The molecule has 70 heavy (non-hydrogen) atoms. The van der Waals surface area contributed by atoms with Crippen molar-refractivity contribution in [1.29, 1.82) is 0 Å². The molecule has 10 rings (SSSR count). The number of ether oxygens (including phenoxy) is 8. The van der Waals surface area contributed by atoms with Gasteiger partial charge in [-0.25, -0.2) is 9.98 Å². The molecule has 0 spiro atoms. The summed E-state index contributed by atoms with van der Waals surface area (Å²) in [5, 5.41) is 0. The highest BCUT2D eigenvalue weighted by atomic mass is 16.6. The van der Waals surface area contributed by atoms with E-state index in [4.69, 9.17) is 47.9 Å². The second-order valence-electron chi connectivity index (χ2n) is 16.6. The Morgan fingerprint density at radius 3 is 0.829 bits per heavy atom. The van der Waals surface area contributed by atoms with Gasteiger partial charge in [-0.15, -0.1) is 0 Å². The third-order valence-electron chi connectivity index (χ3n) is 11.7. The third-order valence-corrected chi connectivity index (χ3v) is 11.7. The fraction of sp³-hybridized carbons (Fsp3) is 0.167. The molecule has 0 fully saturated rings. The van der Waals surface area contributed by atoms with Crippen molar-refractivity contribution in [3.8, 4) is 45.6 Å². The van der Waals surface area contributed by atoms with E-state index in [9.17, 15) is 0 Å². The highest BCUT2D eigenvalue weighted by Crippen LogP contribution is 2.56. The lowest BCUT2D eigenvalue weighted by Gasteiger charge is -2.27. The average molecular weight is 929 g/mol. The molecule has 0 saturated heterocycles. The molecule has 0 aromatic heterocycles. The molecular formula is C60H52N2O8. The minimum absolute atomic E-state index is 0.174. The maximum Gasteiger partial charge on any atom is 0.217 e. The number of hydrogen-bond acceptors (Lipinski definition) is 10. The maximum absolute atomic E-state index is 7.21. The van der Waals surface area contributed by atoms with Crippen LogP contribution >= 0.6 is 0 Å². The van der Waals surface area contributed by atoms with Gasteiger partial charge < -0.3 is 37.9 Å². The number of aliphatic imine (C=N–C) groups is 2. The first-order valence-corrected chi connectivity index (χ1v) is 23.5. The van der Waals surface area contributed by atoms with Crippen molar-refractivity contribution < 1.29 is 37.9 Å². The Hall–Kier alpha value is -8.50. The van der Waals surface area contributed by atoms with E-state index in [-0.39, 0.29) is 39.6 Å². The van der Waals surface area contributed by atoms with Crippen molar-refractivity contribution in [3.63, 3.8) is 0 Å². The summed E-state index contributed by atoms with van der Waals surface area (Å²) < 4.78 is 54.9. The van der Waals surface area contributed by atoms with E-state index in [1.807, 2.05) is 194 Å². The van der Waals surface area contributed by atoms with Crippen LogP contribution in [0.1, 0.15) is 44.5 Å². The average Bonchev–Trinajstić information content (AvgIpc) is 4.18. The van der Waals surface area contributed by atoms with Gasteiger partial charge in [0.2, 0.25) is 23.3 Å². The van der Waals surface area contributed by atoms with Gasteiger partial charge in [0.15, 0.2) is 23.0 Å². The van der Waals surface area contributed by atoms with Crippen LogP contribution in [0.5, 0.6) is 34.5 Å². The lowest BCUT2D eigenvalue weighted by atomic mass is 9.91. The fourth-order valence-corrected chi connectivity index (χ4v) is 8.22. The summed E-state index contributed by atoms with van der Waals surface area (Å²) in [5.74, 6) is 3.17. The Morgan fingerprint density at radius 1 is 0.314 bits per heavy atom. The molecule has 0 N–H and O–H groups in total. The molecular weight excluding hydrogens is 877 g/mol. The third kappa shape index (κ3) is 11.1. The van der Waals surface area contributed by atoms with Gasteiger partial charge in [-0.05, 0) is 45.5 Å². The van der Waals surface area contributed by atoms with E-state index in [0.717, 1.165) is 33.4 Å². The van der Waals surface area contributed by atoms with E-state index < -0.39 is 0 Å². The van der Waals surface area contributed by atoms with Crippen molar-refractivity contribution in [2.75, 3.05) is 26.3 Å². The summed E-state index contributed by atoms with van der Waals surface area (Å²) in [6.07, 6.45) is 0. The monoisotopic (exact) mass is 928 g/mol. The van der Waals surface area contributed by atoms with Crippen molar-refractivity contribution in [3.05, 3.63) is 239 Å². The molecule has 10 nitrogen and oxygen atoms in total. The fourth-order valence-electron chi connectivity index (χ4n) is 8.22. The number of nitrogens with zero attached hydrogens (tertiary/aromatic N) is 2. The van der Waals surface area contributed by atoms with Gasteiger partial charge in [0.05, 0.1) is 24.2 Å². The van der Waals surface area contributed by atoms with Gasteiger partial charge >= 0.3 is 0 Å². The Labute approximate surface area is 408 Å². The van der Waals surface area contributed by atoms with E-state index in [1.165, 1.54) is 0 Å². The normalized spacial score (nSPS) is 12.8. The first-order chi connectivity index (χ1) is 34.7. The lowest BCUT2D eigenvalue weighted by molar-refractivity contribution is 0.228. The van der Waals surface area contributed by atoms with Crippen molar-refractivity contribution >= 4 is 11.8 Å². The van der Waals surface area contributed by atoms with Crippen molar-refractivity contribution in [1.82, 2.24) is 0 Å². The minimum atomic E-state index is 0.174. The number of hydrogen-bond donors (Lipinski definition) is 0. The quantitative estimate of drug-likeness (QED) is 0.0703. The molecule has 10 heteroatoms. The van der Waals surface area contributed by atoms with Crippen molar-refractivity contribution in [2.24, 2.45) is 9.98 Å². The molecule has 8 aromatic carbocycles. The summed E-state index contributed by atoms with van der Waals surface area (Å²) in [4.78, 5) is 9.90. The molecule has 0 bridgehead atoms. The highest BCUT2D eigenvalue weighted by molar-refractivity contribution is 6.11. The van der Waals surface area contributed by atoms with Crippen molar-refractivity contribution in [2.45, 2.75) is 39.6 Å². The van der Waals surface area contributed by atoms with E-state index in [2.05, 4.69) is 0 Å². The van der Waals surface area contributed by atoms with Gasteiger partial charge in [0.1, 0.15) is 52.9 Å². The maximum atomic E-state index is 7.21. The molecule has 350 valence electrons. The summed E-state index contributed by atoms with van der Waals surface area (Å²) in [6, 6.07) is 64.0. The Balaban J connectivity index is 1.27. The van der Waals surface area contributed by atoms with Gasteiger partial charge in [-0.3, -0.25) is 0 Å². The molecule has 0 aliphatic carbocycles. The zero-order chi connectivity index (χ0) is 47.2. The van der Waals surface area contributed by atoms with E-state index in [0.29, 0.717) is 94.8 Å². The summed E-state index contributed by atoms with van der Waals surface area (Å²) >= 11 is 0.